The summed E-state index contributed by atoms with van der Waals surface area (Å²) in [5.41, 5.74) is 1.98. The number of aromatic nitrogens is 1. The molecule has 1 atom stereocenters. The Labute approximate surface area is 176 Å². The first kappa shape index (κ1) is 21.4. The van der Waals surface area contributed by atoms with E-state index in [0.717, 1.165) is 0 Å². The van der Waals surface area contributed by atoms with Crippen LogP contribution in [0.2, 0.25) is 0 Å². The van der Waals surface area contributed by atoms with Gasteiger partial charge in [0.2, 0.25) is 0 Å². The summed E-state index contributed by atoms with van der Waals surface area (Å²) in [5, 5.41) is 14.3. The lowest BCUT2D eigenvalue weighted by atomic mass is 9.94. The fourth-order valence-corrected chi connectivity index (χ4v) is 3.94. The molecule has 1 aromatic heterocycles. The third-order valence-electron chi connectivity index (χ3n) is 4.62. The highest BCUT2D eigenvalue weighted by molar-refractivity contribution is 7.17. The monoisotopic (exact) mass is 429 g/mol. The second-order valence-electron chi connectivity index (χ2n) is 6.47. The van der Waals surface area contributed by atoms with Gasteiger partial charge < -0.3 is 10.1 Å². The Morgan fingerprint density at radius 1 is 1.30 bits per heavy atom. The van der Waals surface area contributed by atoms with Crippen LogP contribution < -0.4 is 5.32 Å². The molecule has 1 heterocycles. The third kappa shape index (κ3) is 4.30. The highest BCUT2D eigenvalue weighted by Gasteiger charge is 2.25. The fraction of sp³-hybridized carbons (Fsp3) is 0.238. The first-order valence-corrected chi connectivity index (χ1v) is 10.1. The number of nitrogens with one attached hydrogen (secondary N) is 1. The van der Waals surface area contributed by atoms with E-state index in [2.05, 4.69) is 10.3 Å². The lowest BCUT2D eigenvalue weighted by molar-refractivity contribution is -0.384. The zero-order chi connectivity index (χ0) is 21.8. The average Bonchev–Trinajstić information content (AvgIpc) is 3.18. The molecular weight excluding hydrogens is 409 g/mol. The largest absolute Gasteiger partial charge is 0.462 e. The van der Waals surface area contributed by atoms with Crippen LogP contribution in [-0.4, -0.2) is 29.5 Å². The Balaban J connectivity index is 1.94. The maximum absolute atomic E-state index is 14.9. The number of non-ortho nitro benzene ring substituents is 1. The standard InChI is InChI=1S/C21H20FN3O4S/c1-4-29-20(26)19-18(24-21(23-3)30-19)12(2)14-7-10-16(17(22)11-14)13-5-8-15(9-6-13)25(27)28/h5-12H,4H2,1-3H3,(H,23,24). The van der Waals surface area contributed by atoms with E-state index in [1.54, 1.807) is 26.1 Å². The number of nitrogens with zero attached hydrogens (tertiary/aromatic N) is 2. The third-order valence-corrected chi connectivity index (χ3v) is 5.69. The molecular formula is C21H20FN3O4S. The fourth-order valence-electron chi connectivity index (χ4n) is 3.03. The first-order valence-electron chi connectivity index (χ1n) is 9.25. The number of rotatable bonds is 7. The molecule has 30 heavy (non-hydrogen) atoms. The Hall–Kier alpha value is -3.33. The molecule has 3 aromatic rings. The normalized spacial score (nSPS) is 11.7. The van der Waals surface area contributed by atoms with Gasteiger partial charge in [0.05, 0.1) is 17.2 Å². The molecule has 0 aliphatic rings. The summed E-state index contributed by atoms with van der Waals surface area (Å²) >= 11 is 1.19. The van der Waals surface area contributed by atoms with E-state index in [1.807, 2.05) is 6.92 Å². The number of carbonyl (C=O) groups is 1. The van der Waals surface area contributed by atoms with E-state index >= 15 is 0 Å². The predicted octanol–water partition coefficient (Wildman–Crippen LogP) is 5.23. The van der Waals surface area contributed by atoms with Crippen LogP contribution in [0.3, 0.4) is 0 Å². The van der Waals surface area contributed by atoms with Crippen molar-refractivity contribution in [3.05, 3.63) is 74.5 Å². The van der Waals surface area contributed by atoms with Crippen LogP contribution in [0.25, 0.3) is 11.1 Å². The zero-order valence-corrected chi connectivity index (χ0v) is 17.5. The van der Waals surface area contributed by atoms with E-state index in [1.165, 1.54) is 41.7 Å². The topological polar surface area (TPSA) is 94.4 Å². The number of halogens is 1. The molecule has 7 nitrogen and oxygen atoms in total. The lowest BCUT2D eigenvalue weighted by Crippen LogP contribution is -2.08. The molecule has 2 aromatic carbocycles. The number of hydrogen-bond donors (Lipinski definition) is 1. The van der Waals surface area contributed by atoms with Crippen molar-refractivity contribution in [2.45, 2.75) is 19.8 Å². The van der Waals surface area contributed by atoms with E-state index in [0.29, 0.717) is 32.4 Å². The Morgan fingerprint density at radius 2 is 2.00 bits per heavy atom. The van der Waals surface area contributed by atoms with Crippen molar-refractivity contribution >= 4 is 28.1 Å². The van der Waals surface area contributed by atoms with Crippen molar-refractivity contribution < 1.29 is 18.8 Å². The Morgan fingerprint density at radius 3 is 2.57 bits per heavy atom. The average molecular weight is 429 g/mol. The van der Waals surface area contributed by atoms with Crippen LogP contribution in [0.15, 0.2) is 42.5 Å². The molecule has 0 radical (unpaired) electrons. The quantitative estimate of drug-likeness (QED) is 0.314. The summed E-state index contributed by atoms with van der Waals surface area (Å²) in [6, 6.07) is 10.5. The number of carbonyl (C=O) groups excluding carboxylic acids is 1. The smallest absolute Gasteiger partial charge is 0.350 e. The molecule has 0 spiro atoms. The number of hydrogen-bond acceptors (Lipinski definition) is 7. The number of thiazole rings is 1. The molecule has 156 valence electrons. The van der Waals surface area contributed by atoms with Crippen LogP contribution in [0.5, 0.6) is 0 Å². The van der Waals surface area contributed by atoms with Crippen LogP contribution in [0.1, 0.15) is 40.7 Å². The van der Waals surface area contributed by atoms with Crippen LogP contribution in [-0.2, 0) is 4.74 Å². The molecule has 0 bridgehead atoms. The van der Waals surface area contributed by atoms with Crippen molar-refractivity contribution in [2.24, 2.45) is 0 Å². The molecule has 0 amide bonds. The summed E-state index contributed by atoms with van der Waals surface area (Å²) in [5.74, 6) is -1.26. The second kappa shape index (κ2) is 9.00. The summed E-state index contributed by atoms with van der Waals surface area (Å²) < 4.78 is 20.0. The highest BCUT2D eigenvalue weighted by Crippen LogP contribution is 2.35. The molecule has 0 saturated carbocycles. The van der Waals surface area contributed by atoms with Gasteiger partial charge in [0.15, 0.2) is 5.13 Å². The van der Waals surface area contributed by atoms with Gasteiger partial charge in [0.25, 0.3) is 5.69 Å². The zero-order valence-electron chi connectivity index (χ0n) is 16.6. The Kier molecular flexibility index (Phi) is 6.41. The van der Waals surface area contributed by atoms with Crippen LogP contribution in [0.4, 0.5) is 15.2 Å². The molecule has 3 rings (SSSR count). The number of benzene rings is 2. The van der Waals surface area contributed by atoms with E-state index in [-0.39, 0.29) is 18.2 Å². The van der Waals surface area contributed by atoms with Crippen LogP contribution >= 0.6 is 11.3 Å². The molecule has 1 unspecified atom stereocenters. The van der Waals surface area contributed by atoms with Crippen molar-refractivity contribution in [1.29, 1.82) is 0 Å². The molecule has 0 fully saturated rings. The minimum Gasteiger partial charge on any atom is -0.462 e. The summed E-state index contributed by atoms with van der Waals surface area (Å²) in [7, 11) is 1.71. The highest BCUT2D eigenvalue weighted by atomic mass is 32.1. The van der Waals surface area contributed by atoms with Crippen molar-refractivity contribution in [3.63, 3.8) is 0 Å². The van der Waals surface area contributed by atoms with Crippen molar-refractivity contribution in [2.75, 3.05) is 19.0 Å². The van der Waals surface area contributed by atoms with Gasteiger partial charge in [-0.25, -0.2) is 14.2 Å². The maximum atomic E-state index is 14.9. The first-order chi connectivity index (χ1) is 14.3. The minimum absolute atomic E-state index is 0.0558. The molecule has 1 N–H and O–H groups in total. The van der Waals surface area contributed by atoms with Gasteiger partial charge in [-0.1, -0.05) is 30.4 Å². The molecule has 0 aliphatic carbocycles. The number of nitro groups is 1. The SMILES string of the molecule is CCOC(=O)c1sc(NC)nc1C(C)c1ccc(-c2ccc([N+](=O)[O-])cc2)c(F)c1. The predicted molar refractivity (Wildman–Crippen MR) is 114 cm³/mol. The van der Waals surface area contributed by atoms with Crippen LogP contribution in [0, 0.1) is 15.9 Å². The van der Waals surface area contributed by atoms with Gasteiger partial charge in [-0.15, -0.1) is 0 Å². The van der Waals surface area contributed by atoms with Crippen molar-refractivity contribution in [3.8, 4) is 11.1 Å². The molecule has 9 heteroatoms. The van der Waals surface area contributed by atoms with Gasteiger partial charge in [-0.2, -0.15) is 0 Å². The van der Waals surface area contributed by atoms with Gasteiger partial charge in [0, 0.05) is 30.7 Å². The summed E-state index contributed by atoms with van der Waals surface area (Å²) in [6.07, 6.45) is 0. The Bertz CT molecular complexity index is 1080. The number of nitro benzene ring substituents is 1. The van der Waals surface area contributed by atoms with Gasteiger partial charge in [-0.3, -0.25) is 10.1 Å². The maximum Gasteiger partial charge on any atom is 0.350 e. The lowest BCUT2D eigenvalue weighted by Gasteiger charge is -2.13. The summed E-state index contributed by atoms with van der Waals surface area (Å²) in [6.45, 7) is 3.82. The number of anilines is 1. The minimum atomic E-state index is -0.501. The van der Waals surface area contributed by atoms with E-state index in [4.69, 9.17) is 4.74 Å². The second-order valence-corrected chi connectivity index (χ2v) is 7.47. The van der Waals surface area contributed by atoms with Gasteiger partial charge in [-0.05, 0) is 36.2 Å². The number of ether oxygens (including phenoxy) is 1. The van der Waals surface area contributed by atoms with Gasteiger partial charge >= 0.3 is 5.97 Å². The van der Waals surface area contributed by atoms with Crippen molar-refractivity contribution in [1.82, 2.24) is 4.98 Å². The molecule has 0 aliphatic heterocycles. The number of esters is 1. The van der Waals surface area contributed by atoms with Gasteiger partial charge in [0.1, 0.15) is 10.7 Å². The summed E-state index contributed by atoms with van der Waals surface area (Å²) in [4.78, 5) is 27.5. The van der Waals surface area contributed by atoms with E-state index < -0.39 is 16.7 Å². The molecule has 0 saturated heterocycles. The van der Waals surface area contributed by atoms with E-state index in [9.17, 15) is 19.3 Å².